The summed E-state index contributed by atoms with van der Waals surface area (Å²) in [7, 11) is 0. The van der Waals surface area contributed by atoms with Crippen molar-refractivity contribution in [3.8, 4) is 10.6 Å². The number of aryl methyl sites for hydroxylation is 1. The van der Waals surface area contributed by atoms with Crippen LogP contribution in [0.25, 0.3) is 10.6 Å². The Morgan fingerprint density at radius 2 is 1.76 bits per heavy atom. The highest BCUT2D eigenvalue weighted by Crippen LogP contribution is 2.35. The van der Waals surface area contributed by atoms with Gasteiger partial charge < -0.3 is 25.2 Å². The lowest BCUT2D eigenvalue weighted by Crippen LogP contribution is -2.55. The number of aliphatic hydroxyl groups excluding tert-OH is 4. The third-order valence-corrected chi connectivity index (χ3v) is 7.18. The van der Waals surface area contributed by atoms with Crippen molar-refractivity contribution in [1.29, 1.82) is 0 Å². The van der Waals surface area contributed by atoms with Gasteiger partial charge in [0.2, 0.25) is 0 Å². The topological polar surface area (TPSA) is 116 Å². The molecule has 4 N–H and O–H groups in total. The molecule has 1 unspecified atom stereocenters. The predicted octanol–water partition coefficient (Wildman–Crippen LogP) is 2.92. The van der Waals surface area contributed by atoms with Crippen LogP contribution in [0, 0.1) is 0 Å². The standard InChI is InChI=1S/C24H27ClN2O5S/c1-2-3-13-4-6-14(7-5-13)24-27-26-19(33-24)11-16-10-15(8-9-17(16)25)23-22(31)21(30)20(29)18(12-28)32-23/h4-10,18,20-23,28-31H,2-3,11-12H2,1H3/t18-,20-,21+,22-,23?/m1/s1. The lowest BCUT2D eigenvalue weighted by atomic mass is 9.90. The van der Waals surface area contributed by atoms with E-state index >= 15 is 0 Å². The molecule has 7 nitrogen and oxygen atoms in total. The van der Waals surface area contributed by atoms with Gasteiger partial charge in [0.05, 0.1) is 6.61 Å². The number of ether oxygens (including phenoxy) is 1. The second kappa shape index (κ2) is 10.6. The molecule has 5 atom stereocenters. The summed E-state index contributed by atoms with van der Waals surface area (Å²) in [6.07, 6.45) is -3.48. The molecule has 33 heavy (non-hydrogen) atoms. The maximum atomic E-state index is 10.4. The average molecular weight is 491 g/mol. The molecular weight excluding hydrogens is 464 g/mol. The fourth-order valence-electron chi connectivity index (χ4n) is 3.99. The molecule has 9 heteroatoms. The first-order valence-corrected chi connectivity index (χ1v) is 12.1. The molecule has 0 amide bonds. The zero-order chi connectivity index (χ0) is 23.5. The Labute approximate surface area is 201 Å². The number of hydrogen-bond acceptors (Lipinski definition) is 8. The van der Waals surface area contributed by atoms with Gasteiger partial charge in [0.15, 0.2) is 0 Å². The van der Waals surface area contributed by atoms with Gasteiger partial charge in [-0.1, -0.05) is 72.7 Å². The summed E-state index contributed by atoms with van der Waals surface area (Å²) in [4.78, 5) is 0. The van der Waals surface area contributed by atoms with Gasteiger partial charge in [-0.05, 0) is 29.2 Å². The Morgan fingerprint density at radius 3 is 2.45 bits per heavy atom. The van der Waals surface area contributed by atoms with E-state index < -0.39 is 37.1 Å². The van der Waals surface area contributed by atoms with Gasteiger partial charge in [-0.15, -0.1) is 10.2 Å². The van der Waals surface area contributed by atoms with E-state index in [1.165, 1.54) is 16.9 Å². The molecule has 1 aliphatic heterocycles. The van der Waals surface area contributed by atoms with Crippen LogP contribution in [0.4, 0.5) is 0 Å². The van der Waals surface area contributed by atoms with Crippen LogP contribution >= 0.6 is 22.9 Å². The summed E-state index contributed by atoms with van der Waals surface area (Å²) < 4.78 is 5.67. The van der Waals surface area contributed by atoms with E-state index in [4.69, 9.17) is 16.3 Å². The first kappa shape index (κ1) is 24.2. The van der Waals surface area contributed by atoms with Crippen LogP contribution in [0.1, 0.15) is 41.1 Å². The van der Waals surface area contributed by atoms with E-state index in [1.54, 1.807) is 18.2 Å². The Morgan fingerprint density at radius 1 is 1.00 bits per heavy atom. The molecule has 0 spiro atoms. The van der Waals surface area contributed by atoms with Crippen LogP contribution in [-0.2, 0) is 17.6 Å². The maximum Gasteiger partial charge on any atom is 0.147 e. The minimum Gasteiger partial charge on any atom is -0.394 e. The Hall–Kier alpha value is -1.91. The minimum atomic E-state index is -1.44. The number of benzene rings is 2. The zero-order valence-electron chi connectivity index (χ0n) is 18.1. The van der Waals surface area contributed by atoms with Crippen LogP contribution in [0.5, 0.6) is 0 Å². The Bertz CT molecular complexity index is 1070. The van der Waals surface area contributed by atoms with Crippen molar-refractivity contribution in [1.82, 2.24) is 10.2 Å². The van der Waals surface area contributed by atoms with E-state index in [2.05, 4.69) is 41.4 Å². The number of aromatic nitrogens is 2. The summed E-state index contributed by atoms with van der Waals surface area (Å²) in [6, 6.07) is 13.5. The van der Waals surface area contributed by atoms with Crippen LogP contribution in [0.15, 0.2) is 42.5 Å². The highest BCUT2D eigenvalue weighted by atomic mass is 35.5. The summed E-state index contributed by atoms with van der Waals surface area (Å²) in [5, 5.41) is 50.8. The van der Waals surface area contributed by atoms with Crippen molar-refractivity contribution in [2.45, 2.75) is 56.7 Å². The third kappa shape index (κ3) is 5.27. The first-order chi connectivity index (χ1) is 15.9. The van der Waals surface area contributed by atoms with E-state index in [0.717, 1.165) is 34.0 Å². The largest absolute Gasteiger partial charge is 0.394 e. The molecule has 1 aromatic heterocycles. The molecule has 176 valence electrons. The van der Waals surface area contributed by atoms with E-state index in [1.807, 2.05) is 0 Å². The summed E-state index contributed by atoms with van der Waals surface area (Å²) in [5.74, 6) is 0. The van der Waals surface area contributed by atoms with Gasteiger partial charge in [0.25, 0.3) is 0 Å². The number of aliphatic hydroxyl groups is 4. The molecule has 0 aliphatic carbocycles. The number of rotatable bonds is 7. The van der Waals surface area contributed by atoms with E-state index in [0.29, 0.717) is 17.0 Å². The highest BCUT2D eigenvalue weighted by molar-refractivity contribution is 7.14. The second-order valence-electron chi connectivity index (χ2n) is 8.22. The molecule has 1 fully saturated rings. The molecular formula is C24H27ClN2O5S. The normalized spacial score (nSPS) is 25.3. The van der Waals surface area contributed by atoms with Crippen molar-refractivity contribution in [3.05, 3.63) is 69.2 Å². The molecule has 0 bridgehead atoms. The van der Waals surface area contributed by atoms with Crippen molar-refractivity contribution in [2.75, 3.05) is 6.61 Å². The van der Waals surface area contributed by atoms with Crippen LogP contribution in [0.2, 0.25) is 5.02 Å². The van der Waals surface area contributed by atoms with Crippen LogP contribution in [-0.4, -0.2) is 61.6 Å². The van der Waals surface area contributed by atoms with Gasteiger partial charge in [0, 0.05) is 17.0 Å². The second-order valence-corrected chi connectivity index (χ2v) is 9.69. The third-order valence-electron chi connectivity index (χ3n) is 5.84. The number of halogens is 1. The van der Waals surface area contributed by atoms with Crippen molar-refractivity contribution in [2.24, 2.45) is 0 Å². The molecule has 1 aliphatic rings. The van der Waals surface area contributed by atoms with Crippen molar-refractivity contribution >= 4 is 22.9 Å². The van der Waals surface area contributed by atoms with E-state index in [9.17, 15) is 20.4 Å². The highest BCUT2D eigenvalue weighted by Gasteiger charge is 2.44. The Balaban J connectivity index is 1.53. The zero-order valence-corrected chi connectivity index (χ0v) is 19.7. The van der Waals surface area contributed by atoms with Gasteiger partial charge >= 0.3 is 0 Å². The molecule has 0 radical (unpaired) electrons. The summed E-state index contributed by atoms with van der Waals surface area (Å²) in [5.41, 5.74) is 3.66. The SMILES string of the molecule is CCCc1ccc(-c2nnc(Cc3cc(C4O[C@H](CO)[C@@H](O)[C@H](O)[C@H]4O)ccc3Cl)s2)cc1. The van der Waals surface area contributed by atoms with Gasteiger partial charge in [-0.2, -0.15) is 0 Å². The smallest absolute Gasteiger partial charge is 0.147 e. The summed E-state index contributed by atoms with van der Waals surface area (Å²) >= 11 is 7.91. The lowest BCUT2D eigenvalue weighted by molar-refractivity contribution is -0.231. The van der Waals surface area contributed by atoms with Crippen LogP contribution < -0.4 is 0 Å². The van der Waals surface area contributed by atoms with Crippen LogP contribution in [0.3, 0.4) is 0 Å². The van der Waals surface area contributed by atoms with Crippen molar-refractivity contribution in [3.63, 3.8) is 0 Å². The monoisotopic (exact) mass is 490 g/mol. The van der Waals surface area contributed by atoms with Gasteiger partial charge in [-0.25, -0.2) is 0 Å². The maximum absolute atomic E-state index is 10.4. The molecule has 3 aromatic rings. The predicted molar refractivity (Wildman–Crippen MR) is 126 cm³/mol. The minimum absolute atomic E-state index is 0.440. The number of hydrogen-bond donors (Lipinski definition) is 4. The molecule has 0 saturated carbocycles. The van der Waals surface area contributed by atoms with Gasteiger partial charge in [0.1, 0.15) is 40.5 Å². The average Bonchev–Trinajstić information content (AvgIpc) is 3.29. The fourth-order valence-corrected chi connectivity index (χ4v) is 5.04. The fraction of sp³-hybridized carbons (Fsp3) is 0.417. The number of nitrogens with zero attached hydrogens (tertiary/aromatic N) is 2. The molecule has 1 saturated heterocycles. The first-order valence-electron chi connectivity index (χ1n) is 10.9. The van der Waals surface area contributed by atoms with Crippen molar-refractivity contribution < 1.29 is 25.2 Å². The quantitative estimate of drug-likeness (QED) is 0.402. The molecule has 4 rings (SSSR count). The lowest BCUT2D eigenvalue weighted by Gasteiger charge is -2.40. The Kier molecular flexibility index (Phi) is 7.76. The van der Waals surface area contributed by atoms with Gasteiger partial charge in [-0.3, -0.25) is 0 Å². The van der Waals surface area contributed by atoms with E-state index in [-0.39, 0.29) is 0 Å². The summed E-state index contributed by atoms with van der Waals surface area (Å²) in [6.45, 7) is 1.68. The molecule has 2 heterocycles. The molecule has 2 aromatic carbocycles.